The summed E-state index contributed by atoms with van der Waals surface area (Å²) in [7, 11) is 0. The molecule has 2 aliphatic rings. The molecule has 1 aromatic carbocycles. The van der Waals surface area contributed by atoms with Gasteiger partial charge in [-0.3, -0.25) is 0 Å². The van der Waals surface area contributed by atoms with Crippen molar-refractivity contribution in [1.29, 1.82) is 0 Å². The van der Waals surface area contributed by atoms with Crippen molar-refractivity contribution in [2.24, 2.45) is 0 Å². The molecule has 0 amide bonds. The molecule has 26 heavy (non-hydrogen) atoms. The average Bonchev–Trinajstić information content (AvgIpc) is 2.65. The molecule has 6 heteroatoms. The molecule has 2 saturated carbocycles. The predicted molar refractivity (Wildman–Crippen MR) is 103 cm³/mol. The van der Waals surface area contributed by atoms with E-state index >= 15 is 0 Å². The zero-order valence-electron chi connectivity index (χ0n) is 15.1. The Bertz CT molecular complexity index is 738. The third-order valence-electron chi connectivity index (χ3n) is 5.67. The van der Waals surface area contributed by atoms with Gasteiger partial charge in [-0.25, -0.2) is 4.98 Å². The largest absolute Gasteiger partial charge is 0.393 e. The van der Waals surface area contributed by atoms with Gasteiger partial charge in [-0.05, 0) is 63.5 Å². The molecule has 0 aliphatic heterocycles. The van der Waals surface area contributed by atoms with E-state index in [1.807, 2.05) is 18.2 Å². The van der Waals surface area contributed by atoms with Crippen LogP contribution in [-0.4, -0.2) is 44.5 Å². The highest BCUT2D eigenvalue weighted by Crippen LogP contribution is 2.28. The second-order valence-corrected chi connectivity index (χ2v) is 7.71. The first-order valence-corrected chi connectivity index (χ1v) is 9.83. The van der Waals surface area contributed by atoms with E-state index < -0.39 is 0 Å². The fourth-order valence-electron chi connectivity index (χ4n) is 4.07. The SMILES string of the molecule is OC1CCC(Nc2nc(NC3CCC(O)CC3)c3ccccc3n2)CC1. The van der Waals surface area contributed by atoms with Crippen LogP contribution in [0.5, 0.6) is 0 Å². The van der Waals surface area contributed by atoms with Crippen molar-refractivity contribution in [1.82, 2.24) is 9.97 Å². The monoisotopic (exact) mass is 356 g/mol. The van der Waals surface area contributed by atoms with E-state index in [-0.39, 0.29) is 12.2 Å². The number of nitrogens with one attached hydrogen (secondary N) is 2. The number of aromatic nitrogens is 2. The van der Waals surface area contributed by atoms with Crippen LogP contribution in [0.15, 0.2) is 24.3 Å². The van der Waals surface area contributed by atoms with Crippen LogP contribution in [0.4, 0.5) is 11.8 Å². The van der Waals surface area contributed by atoms with Crippen molar-refractivity contribution in [2.45, 2.75) is 75.7 Å². The van der Waals surface area contributed by atoms with Gasteiger partial charge in [0.05, 0.1) is 17.7 Å². The number of hydrogen-bond acceptors (Lipinski definition) is 6. The topological polar surface area (TPSA) is 90.3 Å². The van der Waals surface area contributed by atoms with Crippen LogP contribution < -0.4 is 10.6 Å². The lowest BCUT2D eigenvalue weighted by Crippen LogP contribution is -2.30. The highest BCUT2D eigenvalue weighted by Gasteiger charge is 2.22. The molecule has 2 aliphatic carbocycles. The van der Waals surface area contributed by atoms with E-state index in [1.54, 1.807) is 0 Å². The molecule has 140 valence electrons. The lowest BCUT2D eigenvalue weighted by atomic mass is 9.93. The van der Waals surface area contributed by atoms with Crippen molar-refractivity contribution < 1.29 is 10.2 Å². The molecule has 0 spiro atoms. The van der Waals surface area contributed by atoms with Crippen LogP contribution in [0.2, 0.25) is 0 Å². The van der Waals surface area contributed by atoms with Crippen LogP contribution in [0, 0.1) is 0 Å². The van der Waals surface area contributed by atoms with Gasteiger partial charge in [-0.1, -0.05) is 12.1 Å². The molecule has 1 aromatic heterocycles. The van der Waals surface area contributed by atoms with E-state index in [4.69, 9.17) is 4.98 Å². The molecular weight excluding hydrogens is 328 g/mol. The van der Waals surface area contributed by atoms with E-state index in [0.29, 0.717) is 18.0 Å². The summed E-state index contributed by atoms with van der Waals surface area (Å²) in [4.78, 5) is 9.46. The predicted octanol–water partition coefficient (Wildman–Crippen LogP) is 3.06. The normalized spacial score (nSPS) is 29.5. The summed E-state index contributed by atoms with van der Waals surface area (Å²) < 4.78 is 0. The van der Waals surface area contributed by atoms with Crippen LogP contribution in [0.1, 0.15) is 51.4 Å². The summed E-state index contributed by atoms with van der Waals surface area (Å²) in [6.07, 6.45) is 6.85. The van der Waals surface area contributed by atoms with Crippen molar-refractivity contribution >= 4 is 22.7 Å². The molecule has 4 rings (SSSR count). The summed E-state index contributed by atoms with van der Waals surface area (Å²) in [5.41, 5.74) is 0.930. The minimum absolute atomic E-state index is 0.158. The Hall–Kier alpha value is -1.92. The Morgan fingerprint density at radius 2 is 1.31 bits per heavy atom. The number of para-hydroxylation sites is 1. The molecule has 0 radical (unpaired) electrons. The molecule has 0 saturated heterocycles. The maximum absolute atomic E-state index is 9.73. The average molecular weight is 356 g/mol. The molecule has 0 bridgehead atoms. The number of fused-ring (bicyclic) bond motifs is 1. The first-order valence-electron chi connectivity index (χ1n) is 9.83. The highest BCUT2D eigenvalue weighted by atomic mass is 16.3. The van der Waals surface area contributed by atoms with E-state index in [1.165, 1.54) is 0 Å². The minimum atomic E-state index is -0.163. The quantitative estimate of drug-likeness (QED) is 0.673. The molecule has 2 aromatic rings. The Labute approximate surface area is 154 Å². The summed E-state index contributed by atoms with van der Waals surface area (Å²) in [6, 6.07) is 8.73. The van der Waals surface area contributed by atoms with E-state index in [0.717, 1.165) is 68.1 Å². The Balaban J connectivity index is 1.54. The zero-order chi connectivity index (χ0) is 17.9. The standard InChI is InChI=1S/C20H28N4O2/c25-15-9-5-13(6-10-15)21-19-17-3-1-2-4-18(17)23-20(24-19)22-14-7-11-16(26)12-8-14/h1-4,13-16,25-26H,5-12H2,(H2,21,22,23,24). The Morgan fingerprint density at radius 1 is 0.731 bits per heavy atom. The highest BCUT2D eigenvalue weighted by molar-refractivity contribution is 5.90. The van der Waals surface area contributed by atoms with Crippen LogP contribution in [0.25, 0.3) is 10.9 Å². The number of anilines is 2. The smallest absolute Gasteiger partial charge is 0.225 e. The Morgan fingerprint density at radius 3 is 1.96 bits per heavy atom. The van der Waals surface area contributed by atoms with Crippen molar-refractivity contribution in [2.75, 3.05) is 10.6 Å². The van der Waals surface area contributed by atoms with Gasteiger partial charge in [0.15, 0.2) is 0 Å². The number of benzene rings is 1. The summed E-state index contributed by atoms with van der Waals surface area (Å²) in [5, 5.41) is 27.5. The molecule has 4 N–H and O–H groups in total. The number of aliphatic hydroxyl groups excluding tert-OH is 2. The Kier molecular flexibility index (Phi) is 5.22. The van der Waals surface area contributed by atoms with Crippen LogP contribution in [0.3, 0.4) is 0 Å². The molecular formula is C20H28N4O2. The molecule has 0 unspecified atom stereocenters. The zero-order valence-corrected chi connectivity index (χ0v) is 15.1. The van der Waals surface area contributed by atoms with Crippen LogP contribution >= 0.6 is 0 Å². The second-order valence-electron chi connectivity index (χ2n) is 7.71. The van der Waals surface area contributed by atoms with Crippen LogP contribution in [-0.2, 0) is 0 Å². The summed E-state index contributed by atoms with van der Waals surface area (Å²) in [6.45, 7) is 0. The lowest BCUT2D eigenvalue weighted by molar-refractivity contribution is 0.125. The van der Waals surface area contributed by atoms with Gasteiger partial charge in [0, 0.05) is 17.5 Å². The first-order chi connectivity index (χ1) is 12.7. The molecule has 6 nitrogen and oxygen atoms in total. The number of hydrogen-bond donors (Lipinski definition) is 4. The van der Waals surface area contributed by atoms with Gasteiger partial charge >= 0.3 is 0 Å². The lowest BCUT2D eigenvalue weighted by Gasteiger charge is -2.28. The third-order valence-corrected chi connectivity index (χ3v) is 5.67. The fourth-order valence-corrected chi connectivity index (χ4v) is 4.07. The number of aliphatic hydroxyl groups is 2. The summed E-state index contributed by atoms with van der Waals surface area (Å²) >= 11 is 0. The van der Waals surface area contributed by atoms with Gasteiger partial charge in [-0.15, -0.1) is 0 Å². The van der Waals surface area contributed by atoms with Gasteiger partial charge in [0.25, 0.3) is 0 Å². The van der Waals surface area contributed by atoms with Gasteiger partial charge in [0.1, 0.15) is 5.82 Å². The van der Waals surface area contributed by atoms with Crippen molar-refractivity contribution in [3.05, 3.63) is 24.3 Å². The number of nitrogens with zero attached hydrogens (tertiary/aromatic N) is 2. The van der Waals surface area contributed by atoms with Gasteiger partial charge in [-0.2, -0.15) is 4.98 Å². The fraction of sp³-hybridized carbons (Fsp3) is 0.600. The molecule has 2 fully saturated rings. The molecule has 0 atom stereocenters. The van der Waals surface area contributed by atoms with Gasteiger partial charge in [0.2, 0.25) is 5.95 Å². The molecule has 1 heterocycles. The van der Waals surface area contributed by atoms with Gasteiger partial charge < -0.3 is 20.8 Å². The second kappa shape index (κ2) is 7.76. The first kappa shape index (κ1) is 17.5. The van der Waals surface area contributed by atoms with E-state index in [9.17, 15) is 10.2 Å². The maximum atomic E-state index is 9.73. The van der Waals surface area contributed by atoms with Crippen molar-refractivity contribution in [3.63, 3.8) is 0 Å². The maximum Gasteiger partial charge on any atom is 0.225 e. The number of rotatable bonds is 4. The minimum Gasteiger partial charge on any atom is -0.393 e. The van der Waals surface area contributed by atoms with Crippen molar-refractivity contribution in [3.8, 4) is 0 Å². The summed E-state index contributed by atoms with van der Waals surface area (Å²) in [5.74, 6) is 1.53. The third kappa shape index (κ3) is 4.07. The van der Waals surface area contributed by atoms with E-state index in [2.05, 4.69) is 21.7 Å².